The summed E-state index contributed by atoms with van der Waals surface area (Å²) < 4.78 is 0. The van der Waals surface area contributed by atoms with Crippen LogP contribution >= 0.6 is 11.3 Å². The zero-order chi connectivity index (χ0) is 13.4. The van der Waals surface area contributed by atoms with Crippen LogP contribution in [0.5, 0.6) is 0 Å². The highest BCUT2D eigenvalue weighted by Crippen LogP contribution is 2.38. The van der Waals surface area contributed by atoms with Gasteiger partial charge in [0.05, 0.1) is 0 Å². The molecule has 1 fully saturated rings. The van der Waals surface area contributed by atoms with Crippen molar-refractivity contribution < 1.29 is 4.79 Å². The van der Waals surface area contributed by atoms with Gasteiger partial charge >= 0.3 is 0 Å². The number of amides is 1. The first kappa shape index (κ1) is 12.2. The predicted octanol–water partition coefficient (Wildman–Crippen LogP) is 2.07. The van der Waals surface area contributed by atoms with Crippen molar-refractivity contribution in [1.29, 1.82) is 0 Å². The molecule has 0 bridgehead atoms. The number of nitrogens with one attached hydrogen (secondary N) is 1. The predicted molar refractivity (Wildman–Crippen MR) is 71.3 cm³/mol. The van der Waals surface area contributed by atoms with Crippen molar-refractivity contribution in [3.63, 3.8) is 0 Å². The van der Waals surface area contributed by atoms with Crippen molar-refractivity contribution in [2.45, 2.75) is 32.6 Å². The Hall–Kier alpha value is -1.89. The molecule has 19 heavy (non-hydrogen) atoms. The fourth-order valence-electron chi connectivity index (χ4n) is 1.74. The lowest BCUT2D eigenvalue weighted by Gasteiger charge is -2.04. The van der Waals surface area contributed by atoms with Crippen LogP contribution in [0.3, 0.4) is 0 Å². The van der Waals surface area contributed by atoms with Gasteiger partial charge in [-0.2, -0.15) is 0 Å². The molecule has 1 aliphatic carbocycles. The quantitative estimate of drug-likeness (QED) is 0.927. The normalized spacial score (nSPS) is 14.4. The van der Waals surface area contributed by atoms with Gasteiger partial charge in [-0.1, -0.05) is 11.3 Å². The molecule has 0 atom stereocenters. The Morgan fingerprint density at radius 2 is 2.11 bits per heavy atom. The fraction of sp³-hybridized carbons (Fsp3) is 0.417. The van der Waals surface area contributed by atoms with Crippen molar-refractivity contribution in [3.8, 4) is 0 Å². The lowest BCUT2D eigenvalue weighted by Crippen LogP contribution is -2.15. The van der Waals surface area contributed by atoms with Crippen LogP contribution < -0.4 is 5.32 Å². The zero-order valence-electron chi connectivity index (χ0n) is 10.7. The number of aromatic nitrogens is 4. The average Bonchev–Trinajstić information content (AvgIpc) is 3.13. The number of anilines is 1. The third-order valence-electron chi connectivity index (χ3n) is 2.79. The molecule has 1 aliphatic rings. The maximum atomic E-state index is 12.1. The van der Waals surface area contributed by atoms with E-state index in [-0.39, 0.29) is 5.91 Å². The molecule has 2 aromatic rings. The van der Waals surface area contributed by atoms with Crippen LogP contribution in [-0.2, 0) is 0 Å². The molecule has 1 amide bonds. The van der Waals surface area contributed by atoms with E-state index in [0.717, 1.165) is 29.4 Å². The molecule has 0 radical (unpaired) electrons. The van der Waals surface area contributed by atoms with E-state index in [0.29, 0.717) is 16.7 Å². The SMILES string of the molecule is Cc1cc(C(=O)Nc2nnc(C)s2)nc(C2CC2)n1. The summed E-state index contributed by atoms with van der Waals surface area (Å²) in [6.07, 6.45) is 2.22. The van der Waals surface area contributed by atoms with Crippen LogP contribution in [-0.4, -0.2) is 26.1 Å². The summed E-state index contributed by atoms with van der Waals surface area (Å²) in [4.78, 5) is 20.8. The number of hydrogen-bond donors (Lipinski definition) is 1. The monoisotopic (exact) mass is 275 g/mol. The summed E-state index contributed by atoms with van der Waals surface area (Å²) in [5, 5.41) is 11.7. The maximum absolute atomic E-state index is 12.1. The van der Waals surface area contributed by atoms with Crippen LogP contribution in [0, 0.1) is 13.8 Å². The van der Waals surface area contributed by atoms with Crippen molar-refractivity contribution in [3.05, 3.63) is 28.3 Å². The van der Waals surface area contributed by atoms with Gasteiger partial charge in [0, 0.05) is 11.6 Å². The highest BCUT2D eigenvalue weighted by molar-refractivity contribution is 7.15. The topological polar surface area (TPSA) is 80.7 Å². The number of rotatable bonds is 3. The van der Waals surface area contributed by atoms with Gasteiger partial charge in [0.25, 0.3) is 5.91 Å². The smallest absolute Gasteiger partial charge is 0.276 e. The Bertz CT molecular complexity index is 635. The first-order valence-corrected chi connectivity index (χ1v) is 6.90. The van der Waals surface area contributed by atoms with Crippen molar-refractivity contribution in [2.24, 2.45) is 0 Å². The molecule has 2 heterocycles. The van der Waals surface area contributed by atoms with E-state index in [4.69, 9.17) is 0 Å². The van der Waals surface area contributed by atoms with Gasteiger partial charge in [0.1, 0.15) is 16.5 Å². The molecule has 6 nitrogen and oxygen atoms in total. The molecule has 2 aromatic heterocycles. The van der Waals surface area contributed by atoms with E-state index < -0.39 is 0 Å². The summed E-state index contributed by atoms with van der Waals surface area (Å²) >= 11 is 1.34. The number of carbonyl (C=O) groups is 1. The molecule has 0 saturated heterocycles. The number of nitrogens with zero attached hydrogens (tertiary/aromatic N) is 4. The minimum atomic E-state index is -0.261. The van der Waals surface area contributed by atoms with Crippen LogP contribution in [0.4, 0.5) is 5.13 Å². The molecule has 98 valence electrons. The van der Waals surface area contributed by atoms with Gasteiger partial charge in [-0.05, 0) is 32.8 Å². The molecule has 0 aliphatic heterocycles. The Labute approximate surface area is 114 Å². The second-order valence-corrected chi connectivity index (χ2v) is 5.79. The van der Waals surface area contributed by atoms with Gasteiger partial charge in [0.15, 0.2) is 0 Å². The number of hydrogen-bond acceptors (Lipinski definition) is 6. The van der Waals surface area contributed by atoms with E-state index in [9.17, 15) is 4.79 Å². The van der Waals surface area contributed by atoms with E-state index in [1.165, 1.54) is 11.3 Å². The largest absolute Gasteiger partial charge is 0.295 e. The Balaban J connectivity index is 1.82. The summed E-state index contributed by atoms with van der Waals surface area (Å²) in [5.74, 6) is 0.942. The molecule has 3 rings (SSSR count). The number of aryl methyl sites for hydroxylation is 2. The Morgan fingerprint density at radius 3 is 2.74 bits per heavy atom. The van der Waals surface area contributed by atoms with Gasteiger partial charge in [-0.3, -0.25) is 10.1 Å². The molecule has 0 unspecified atom stereocenters. The lowest BCUT2D eigenvalue weighted by molar-refractivity contribution is 0.102. The molecule has 0 aromatic carbocycles. The third-order valence-corrected chi connectivity index (χ3v) is 3.55. The molecule has 1 N–H and O–H groups in total. The summed E-state index contributed by atoms with van der Waals surface area (Å²) in [5.41, 5.74) is 1.21. The summed E-state index contributed by atoms with van der Waals surface area (Å²) in [6.45, 7) is 3.72. The second-order valence-electron chi connectivity index (χ2n) is 4.61. The van der Waals surface area contributed by atoms with E-state index in [1.54, 1.807) is 6.07 Å². The Kier molecular flexibility index (Phi) is 2.98. The summed E-state index contributed by atoms with van der Waals surface area (Å²) in [6, 6.07) is 1.69. The van der Waals surface area contributed by atoms with Crippen molar-refractivity contribution in [1.82, 2.24) is 20.2 Å². The highest BCUT2D eigenvalue weighted by atomic mass is 32.1. The Morgan fingerprint density at radius 1 is 1.32 bits per heavy atom. The van der Waals surface area contributed by atoms with Crippen LogP contribution in [0.1, 0.15) is 45.8 Å². The van der Waals surface area contributed by atoms with E-state index in [1.807, 2.05) is 13.8 Å². The first-order valence-electron chi connectivity index (χ1n) is 6.09. The molecule has 0 spiro atoms. The highest BCUT2D eigenvalue weighted by Gasteiger charge is 2.27. The van der Waals surface area contributed by atoms with Gasteiger partial charge < -0.3 is 0 Å². The molecular formula is C12H13N5OS. The van der Waals surface area contributed by atoms with Gasteiger partial charge in [-0.15, -0.1) is 10.2 Å². The third kappa shape index (κ3) is 2.76. The molecule has 1 saturated carbocycles. The molecular weight excluding hydrogens is 262 g/mol. The second kappa shape index (κ2) is 4.65. The molecule has 7 heteroatoms. The van der Waals surface area contributed by atoms with Crippen LogP contribution in [0.2, 0.25) is 0 Å². The van der Waals surface area contributed by atoms with Crippen molar-refractivity contribution >= 4 is 22.4 Å². The standard InChI is InChI=1S/C12H13N5OS/c1-6-5-9(14-10(13-6)8-3-4-8)11(18)15-12-17-16-7(2)19-12/h5,8H,3-4H2,1-2H3,(H,15,17,18). The zero-order valence-corrected chi connectivity index (χ0v) is 11.5. The van der Waals surface area contributed by atoms with Crippen LogP contribution in [0.15, 0.2) is 6.07 Å². The van der Waals surface area contributed by atoms with E-state index in [2.05, 4.69) is 25.5 Å². The average molecular weight is 275 g/mol. The first-order chi connectivity index (χ1) is 9.11. The summed E-state index contributed by atoms with van der Waals surface area (Å²) in [7, 11) is 0. The van der Waals surface area contributed by atoms with Gasteiger partial charge in [0.2, 0.25) is 5.13 Å². The van der Waals surface area contributed by atoms with E-state index >= 15 is 0 Å². The maximum Gasteiger partial charge on any atom is 0.276 e. The van der Waals surface area contributed by atoms with Crippen LogP contribution in [0.25, 0.3) is 0 Å². The number of carbonyl (C=O) groups excluding carboxylic acids is 1. The minimum absolute atomic E-state index is 0.261. The van der Waals surface area contributed by atoms with Gasteiger partial charge in [-0.25, -0.2) is 9.97 Å². The lowest BCUT2D eigenvalue weighted by atomic mass is 10.3. The van der Waals surface area contributed by atoms with Crippen molar-refractivity contribution in [2.75, 3.05) is 5.32 Å². The fourth-order valence-corrected chi connectivity index (χ4v) is 2.33. The minimum Gasteiger partial charge on any atom is -0.295 e.